The van der Waals surface area contributed by atoms with E-state index in [-0.39, 0.29) is 6.04 Å². The molecule has 3 heteroatoms. The molecule has 2 rings (SSSR count). The largest absolute Gasteiger partial charge is 0.381 e. The van der Waals surface area contributed by atoms with E-state index in [0.717, 1.165) is 17.1 Å². The molecular formula is C13H19ClN2. The SMILES string of the molecule is Cc1cc(Cl)ccc1NC1CCCCC1N. The van der Waals surface area contributed by atoms with E-state index in [2.05, 4.69) is 12.2 Å². The van der Waals surface area contributed by atoms with E-state index in [9.17, 15) is 0 Å². The van der Waals surface area contributed by atoms with Crippen molar-refractivity contribution in [2.24, 2.45) is 5.73 Å². The summed E-state index contributed by atoms with van der Waals surface area (Å²) in [6, 6.07) is 6.64. The molecule has 0 aliphatic heterocycles. The number of halogens is 1. The molecule has 1 saturated carbocycles. The molecule has 0 saturated heterocycles. The van der Waals surface area contributed by atoms with Crippen LogP contribution in [-0.4, -0.2) is 12.1 Å². The maximum atomic E-state index is 6.12. The van der Waals surface area contributed by atoms with Crippen molar-refractivity contribution in [1.29, 1.82) is 0 Å². The minimum atomic E-state index is 0.281. The lowest BCUT2D eigenvalue weighted by atomic mass is 9.90. The molecule has 0 amide bonds. The van der Waals surface area contributed by atoms with E-state index in [1.807, 2.05) is 18.2 Å². The molecule has 0 bridgehead atoms. The smallest absolute Gasteiger partial charge is 0.0412 e. The third-order valence-electron chi connectivity index (χ3n) is 3.35. The van der Waals surface area contributed by atoms with E-state index in [4.69, 9.17) is 17.3 Å². The summed E-state index contributed by atoms with van der Waals surface area (Å²) in [5.41, 5.74) is 8.46. The predicted molar refractivity (Wildman–Crippen MR) is 70.0 cm³/mol. The highest BCUT2D eigenvalue weighted by Gasteiger charge is 2.21. The Labute approximate surface area is 102 Å². The van der Waals surface area contributed by atoms with E-state index < -0.39 is 0 Å². The molecule has 1 aromatic carbocycles. The second-order valence-electron chi connectivity index (χ2n) is 4.66. The Bertz CT molecular complexity index is 365. The maximum Gasteiger partial charge on any atom is 0.0412 e. The molecule has 1 fully saturated rings. The molecule has 88 valence electrons. The van der Waals surface area contributed by atoms with Gasteiger partial charge in [-0.05, 0) is 43.5 Å². The van der Waals surface area contributed by atoms with Gasteiger partial charge in [-0.2, -0.15) is 0 Å². The Morgan fingerprint density at radius 2 is 2.06 bits per heavy atom. The summed E-state index contributed by atoms with van der Waals surface area (Å²) in [4.78, 5) is 0. The van der Waals surface area contributed by atoms with Gasteiger partial charge < -0.3 is 11.1 Å². The lowest BCUT2D eigenvalue weighted by Crippen LogP contribution is -2.42. The maximum absolute atomic E-state index is 6.12. The zero-order valence-corrected chi connectivity index (χ0v) is 10.4. The molecule has 1 aliphatic carbocycles. The van der Waals surface area contributed by atoms with Gasteiger partial charge in [0.1, 0.15) is 0 Å². The summed E-state index contributed by atoms with van der Waals surface area (Å²) < 4.78 is 0. The summed E-state index contributed by atoms with van der Waals surface area (Å²) >= 11 is 5.94. The third-order valence-corrected chi connectivity index (χ3v) is 3.58. The Kier molecular flexibility index (Phi) is 3.72. The lowest BCUT2D eigenvalue weighted by molar-refractivity contribution is 0.404. The van der Waals surface area contributed by atoms with Crippen LogP contribution in [0, 0.1) is 6.92 Å². The van der Waals surface area contributed by atoms with Gasteiger partial charge in [-0.25, -0.2) is 0 Å². The topological polar surface area (TPSA) is 38.0 Å². The number of nitrogens with two attached hydrogens (primary N) is 1. The number of hydrogen-bond acceptors (Lipinski definition) is 2. The highest BCUT2D eigenvalue weighted by molar-refractivity contribution is 6.30. The molecule has 0 heterocycles. The fraction of sp³-hybridized carbons (Fsp3) is 0.538. The summed E-state index contributed by atoms with van der Waals surface area (Å²) in [5, 5.41) is 4.33. The van der Waals surface area contributed by atoms with Gasteiger partial charge in [0.25, 0.3) is 0 Å². The van der Waals surface area contributed by atoms with Crippen LogP contribution in [0.5, 0.6) is 0 Å². The van der Waals surface area contributed by atoms with Crippen molar-refractivity contribution >= 4 is 17.3 Å². The first kappa shape index (κ1) is 11.7. The van der Waals surface area contributed by atoms with Gasteiger partial charge in [-0.15, -0.1) is 0 Å². The van der Waals surface area contributed by atoms with Crippen LogP contribution < -0.4 is 11.1 Å². The number of anilines is 1. The van der Waals surface area contributed by atoms with Crippen LogP contribution in [0.4, 0.5) is 5.69 Å². The molecule has 0 aromatic heterocycles. The molecule has 1 aromatic rings. The zero-order chi connectivity index (χ0) is 11.5. The van der Waals surface area contributed by atoms with Gasteiger partial charge in [0, 0.05) is 22.8 Å². The quantitative estimate of drug-likeness (QED) is 0.830. The standard InChI is InChI=1S/C13H19ClN2/c1-9-8-10(14)6-7-12(9)16-13-5-3-2-4-11(13)15/h6-8,11,13,16H,2-5,15H2,1H3. The highest BCUT2D eigenvalue weighted by Crippen LogP contribution is 2.24. The van der Waals surface area contributed by atoms with E-state index >= 15 is 0 Å². The number of benzene rings is 1. The van der Waals surface area contributed by atoms with Gasteiger partial charge in [-0.1, -0.05) is 24.4 Å². The molecule has 2 nitrogen and oxygen atoms in total. The first-order valence-corrected chi connectivity index (χ1v) is 6.33. The van der Waals surface area contributed by atoms with Crippen molar-refractivity contribution in [1.82, 2.24) is 0 Å². The Hall–Kier alpha value is -0.730. The number of aryl methyl sites for hydroxylation is 1. The molecule has 2 atom stereocenters. The Balaban J connectivity index is 2.07. The zero-order valence-electron chi connectivity index (χ0n) is 9.67. The fourth-order valence-corrected chi connectivity index (χ4v) is 2.55. The van der Waals surface area contributed by atoms with Gasteiger partial charge in [-0.3, -0.25) is 0 Å². The van der Waals surface area contributed by atoms with Crippen molar-refractivity contribution in [3.63, 3.8) is 0 Å². The summed E-state index contributed by atoms with van der Waals surface area (Å²) in [6.07, 6.45) is 4.84. The van der Waals surface area contributed by atoms with Crippen molar-refractivity contribution < 1.29 is 0 Å². The predicted octanol–water partition coefficient (Wildman–Crippen LogP) is 3.33. The molecule has 0 radical (unpaired) electrons. The highest BCUT2D eigenvalue weighted by atomic mass is 35.5. The lowest BCUT2D eigenvalue weighted by Gasteiger charge is -2.30. The van der Waals surface area contributed by atoms with Crippen molar-refractivity contribution in [3.05, 3.63) is 28.8 Å². The van der Waals surface area contributed by atoms with Crippen LogP contribution in [0.15, 0.2) is 18.2 Å². The normalized spacial score (nSPS) is 25.4. The number of nitrogens with one attached hydrogen (secondary N) is 1. The minimum Gasteiger partial charge on any atom is -0.381 e. The first-order chi connectivity index (χ1) is 7.66. The molecule has 2 unspecified atom stereocenters. The third kappa shape index (κ3) is 2.69. The van der Waals surface area contributed by atoms with Crippen LogP contribution in [-0.2, 0) is 0 Å². The van der Waals surface area contributed by atoms with Crippen molar-refractivity contribution in [2.75, 3.05) is 5.32 Å². The Morgan fingerprint density at radius 1 is 1.31 bits per heavy atom. The van der Waals surface area contributed by atoms with Crippen LogP contribution in [0.2, 0.25) is 5.02 Å². The second kappa shape index (κ2) is 5.07. The number of hydrogen-bond donors (Lipinski definition) is 2. The van der Waals surface area contributed by atoms with Crippen molar-refractivity contribution in [3.8, 4) is 0 Å². The minimum absolute atomic E-state index is 0.281. The average Bonchev–Trinajstić information content (AvgIpc) is 2.25. The molecule has 3 N–H and O–H groups in total. The van der Waals surface area contributed by atoms with E-state index in [1.165, 1.54) is 24.8 Å². The summed E-state index contributed by atoms with van der Waals surface area (Å²) in [6.45, 7) is 2.07. The van der Waals surface area contributed by atoms with Crippen LogP contribution in [0.1, 0.15) is 31.2 Å². The van der Waals surface area contributed by atoms with Gasteiger partial charge in [0.05, 0.1) is 0 Å². The fourth-order valence-electron chi connectivity index (χ4n) is 2.33. The molecule has 16 heavy (non-hydrogen) atoms. The van der Waals surface area contributed by atoms with Gasteiger partial charge in [0.15, 0.2) is 0 Å². The van der Waals surface area contributed by atoms with Gasteiger partial charge in [0.2, 0.25) is 0 Å². The average molecular weight is 239 g/mol. The van der Waals surface area contributed by atoms with Crippen molar-refractivity contribution in [2.45, 2.75) is 44.7 Å². The molecular weight excluding hydrogens is 220 g/mol. The summed E-state index contributed by atoms with van der Waals surface area (Å²) in [7, 11) is 0. The Morgan fingerprint density at radius 3 is 2.75 bits per heavy atom. The van der Waals surface area contributed by atoms with Crippen LogP contribution >= 0.6 is 11.6 Å². The number of rotatable bonds is 2. The molecule has 1 aliphatic rings. The van der Waals surface area contributed by atoms with Gasteiger partial charge >= 0.3 is 0 Å². The summed E-state index contributed by atoms with van der Waals surface area (Å²) in [5.74, 6) is 0. The van der Waals surface area contributed by atoms with E-state index in [1.54, 1.807) is 0 Å². The molecule has 0 spiro atoms. The second-order valence-corrected chi connectivity index (χ2v) is 5.09. The first-order valence-electron chi connectivity index (χ1n) is 5.95. The van der Waals surface area contributed by atoms with E-state index in [0.29, 0.717) is 6.04 Å². The van der Waals surface area contributed by atoms with Crippen LogP contribution in [0.3, 0.4) is 0 Å². The monoisotopic (exact) mass is 238 g/mol. The van der Waals surface area contributed by atoms with Crippen LogP contribution in [0.25, 0.3) is 0 Å².